The Hall–Kier alpha value is -1.72. The lowest BCUT2D eigenvalue weighted by Gasteiger charge is -2.11. The molecule has 0 aromatic heterocycles. The minimum absolute atomic E-state index is 0.0292. The van der Waals surface area contributed by atoms with Crippen LogP contribution in [0.25, 0.3) is 0 Å². The summed E-state index contributed by atoms with van der Waals surface area (Å²) < 4.78 is 0. The number of hydrogen-bond donors (Lipinski definition) is 1. The molecule has 0 fully saturated rings. The predicted molar refractivity (Wildman–Crippen MR) is 48.3 cm³/mol. The second-order valence-corrected chi connectivity index (χ2v) is 2.93. The quantitative estimate of drug-likeness (QED) is 0.603. The highest BCUT2D eigenvalue weighted by Gasteiger charge is 2.16. The second-order valence-electron chi connectivity index (χ2n) is 2.93. The van der Waals surface area contributed by atoms with Crippen molar-refractivity contribution in [2.24, 2.45) is 5.10 Å². The van der Waals surface area contributed by atoms with Crippen LogP contribution in [0, 0.1) is 0 Å². The lowest BCUT2D eigenvalue weighted by Crippen LogP contribution is -2.36. The highest BCUT2D eigenvalue weighted by molar-refractivity contribution is 5.97. The summed E-state index contributed by atoms with van der Waals surface area (Å²) in [7, 11) is 0. The van der Waals surface area contributed by atoms with Crippen LogP contribution < -0.4 is 5.32 Å². The van der Waals surface area contributed by atoms with Crippen LogP contribution >= 0.6 is 0 Å². The summed E-state index contributed by atoms with van der Waals surface area (Å²) in [6.45, 7) is 1.36. The van der Waals surface area contributed by atoms with Crippen LogP contribution in [-0.2, 0) is 14.4 Å². The summed E-state index contributed by atoms with van der Waals surface area (Å²) >= 11 is 0. The highest BCUT2D eigenvalue weighted by Crippen LogP contribution is 1.99. The Morgan fingerprint density at radius 2 is 2.36 bits per heavy atom. The van der Waals surface area contributed by atoms with Gasteiger partial charge in [-0.25, -0.2) is 5.01 Å². The van der Waals surface area contributed by atoms with Crippen LogP contribution in [0.3, 0.4) is 0 Å². The monoisotopic (exact) mass is 197 g/mol. The van der Waals surface area contributed by atoms with E-state index in [2.05, 4.69) is 10.4 Å². The SMILES string of the molecule is CC(=O)CC(=O)NCN1N=CCC1=O. The average molecular weight is 197 g/mol. The summed E-state index contributed by atoms with van der Waals surface area (Å²) in [5.41, 5.74) is 0. The minimum atomic E-state index is -0.396. The largest absolute Gasteiger partial charge is 0.336 e. The molecule has 0 saturated heterocycles. The first-order valence-electron chi connectivity index (χ1n) is 4.18. The van der Waals surface area contributed by atoms with Gasteiger partial charge in [-0.2, -0.15) is 5.10 Å². The lowest BCUT2D eigenvalue weighted by atomic mass is 10.3. The molecule has 76 valence electrons. The van der Waals surface area contributed by atoms with Gasteiger partial charge in [0.2, 0.25) is 11.8 Å². The smallest absolute Gasteiger partial charge is 0.249 e. The Kier molecular flexibility index (Phi) is 3.33. The number of ketones is 1. The molecule has 0 radical (unpaired) electrons. The van der Waals surface area contributed by atoms with Gasteiger partial charge >= 0.3 is 0 Å². The predicted octanol–water partition coefficient (Wildman–Crippen LogP) is -0.743. The normalized spacial score (nSPS) is 14.6. The van der Waals surface area contributed by atoms with Crippen LogP contribution in [0.1, 0.15) is 19.8 Å². The van der Waals surface area contributed by atoms with Crippen molar-refractivity contribution in [3.8, 4) is 0 Å². The number of Topliss-reactive ketones (excluding diaryl/α,β-unsaturated/α-hetero) is 1. The van der Waals surface area contributed by atoms with Crippen molar-refractivity contribution < 1.29 is 14.4 Å². The standard InChI is InChI=1S/C8H11N3O3/c1-6(12)4-7(13)9-5-11-8(14)2-3-10-11/h3H,2,4-5H2,1H3,(H,9,13). The summed E-state index contributed by atoms with van der Waals surface area (Å²) in [6, 6.07) is 0. The maximum atomic E-state index is 11.0. The average Bonchev–Trinajstić information content (AvgIpc) is 2.46. The second kappa shape index (κ2) is 4.50. The van der Waals surface area contributed by atoms with Crippen molar-refractivity contribution in [2.45, 2.75) is 19.8 Å². The maximum absolute atomic E-state index is 11.0. The number of amides is 2. The van der Waals surface area contributed by atoms with Gasteiger partial charge in [-0.1, -0.05) is 0 Å². The molecule has 2 amide bonds. The highest BCUT2D eigenvalue weighted by atomic mass is 16.2. The fourth-order valence-corrected chi connectivity index (χ4v) is 0.968. The Bertz CT molecular complexity index is 298. The van der Waals surface area contributed by atoms with Crippen molar-refractivity contribution >= 4 is 23.8 Å². The lowest BCUT2D eigenvalue weighted by molar-refractivity contribution is -0.130. The molecule has 1 rings (SSSR count). The molecule has 1 aliphatic rings. The molecule has 1 N–H and O–H groups in total. The molecule has 0 unspecified atom stereocenters. The Labute approximate surface area is 80.9 Å². The van der Waals surface area contributed by atoms with E-state index < -0.39 is 5.91 Å². The Morgan fingerprint density at radius 1 is 1.64 bits per heavy atom. The molecular formula is C8H11N3O3. The van der Waals surface area contributed by atoms with E-state index in [-0.39, 0.29) is 31.2 Å². The molecule has 6 heteroatoms. The summed E-state index contributed by atoms with van der Waals surface area (Å²) in [4.78, 5) is 32.5. The van der Waals surface area contributed by atoms with Crippen LogP contribution in [0.15, 0.2) is 5.10 Å². The first-order valence-corrected chi connectivity index (χ1v) is 4.18. The molecule has 0 saturated carbocycles. The van der Waals surface area contributed by atoms with Crippen molar-refractivity contribution in [3.05, 3.63) is 0 Å². The van der Waals surface area contributed by atoms with Gasteiger partial charge in [0.1, 0.15) is 12.5 Å². The van der Waals surface area contributed by atoms with E-state index in [1.165, 1.54) is 13.1 Å². The fraction of sp³-hybridized carbons (Fsp3) is 0.500. The van der Waals surface area contributed by atoms with Gasteiger partial charge in [-0.3, -0.25) is 14.4 Å². The molecule has 0 atom stereocenters. The molecule has 1 aliphatic heterocycles. The maximum Gasteiger partial charge on any atom is 0.249 e. The summed E-state index contributed by atoms with van der Waals surface area (Å²) in [5, 5.41) is 7.30. The molecule has 0 aliphatic carbocycles. The summed E-state index contributed by atoms with van der Waals surface area (Å²) in [6.07, 6.45) is 1.58. The van der Waals surface area contributed by atoms with E-state index in [0.717, 1.165) is 5.01 Å². The number of nitrogens with zero attached hydrogens (tertiary/aromatic N) is 2. The van der Waals surface area contributed by atoms with E-state index in [4.69, 9.17) is 0 Å². The van der Waals surface area contributed by atoms with E-state index in [9.17, 15) is 14.4 Å². The van der Waals surface area contributed by atoms with E-state index in [1.807, 2.05) is 0 Å². The van der Waals surface area contributed by atoms with E-state index in [1.54, 1.807) is 0 Å². The van der Waals surface area contributed by atoms with Gasteiger partial charge in [-0.15, -0.1) is 0 Å². The molecule has 0 bridgehead atoms. The Morgan fingerprint density at radius 3 is 2.86 bits per heavy atom. The third kappa shape index (κ3) is 2.96. The zero-order valence-electron chi connectivity index (χ0n) is 7.82. The zero-order chi connectivity index (χ0) is 10.6. The first kappa shape index (κ1) is 10.4. The number of nitrogens with one attached hydrogen (secondary N) is 1. The van der Waals surface area contributed by atoms with Gasteiger partial charge in [0.25, 0.3) is 0 Å². The molecular weight excluding hydrogens is 186 g/mol. The third-order valence-corrected chi connectivity index (χ3v) is 1.61. The zero-order valence-corrected chi connectivity index (χ0v) is 7.82. The third-order valence-electron chi connectivity index (χ3n) is 1.61. The molecule has 0 spiro atoms. The number of carbonyl (C=O) groups is 3. The van der Waals surface area contributed by atoms with Crippen LogP contribution in [-0.4, -0.2) is 35.5 Å². The molecule has 0 aromatic carbocycles. The molecule has 0 aromatic rings. The van der Waals surface area contributed by atoms with Gasteiger partial charge in [0, 0.05) is 6.21 Å². The van der Waals surface area contributed by atoms with Gasteiger partial charge < -0.3 is 5.32 Å². The number of hydrogen-bond acceptors (Lipinski definition) is 4. The van der Waals surface area contributed by atoms with E-state index in [0.29, 0.717) is 0 Å². The molecule has 6 nitrogen and oxygen atoms in total. The fourth-order valence-electron chi connectivity index (χ4n) is 0.968. The van der Waals surface area contributed by atoms with Crippen molar-refractivity contribution in [3.63, 3.8) is 0 Å². The van der Waals surface area contributed by atoms with Gasteiger partial charge in [0.05, 0.1) is 12.8 Å². The summed E-state index contributed by atoms with van der Waals surface area (Å²) in [5.74, 6) is -0.765. The minimum Gasteiger partial charge on any atom is -0.336 e. The van der Waals surface area contributed by atoms with Gasteiger partial charge in [-0.05, 0) is 6.92 Å². The Balaban J connectivity index is 2.26. The number of hydrazone groups is 1. The molecule has 1 heterocycles. The van der Waals surface area contributed by atoms with Crippen molar-refractivity contribution in [1.29, 1.82) is 0 Å². The topological polar surface area (TPSA) is 78.8 Å². The van der Waals surface area contributed by atoms with Crippen molar-refractivity contribution in [1.82, 2.24) is 10.3 Å². The van der Waals surface area contributed by atoms with E-state index >= 15 is 0 Å². The first-order chi connectivity index (χ1) is 6.59. The van der Waals surface area contributed by atoms with Crippen LogP contribution in [0.2, 0.25) is 0 Å². The number of carbonyl (C=O) groups excluding carboxylic acids is 3. The van der Waals surface area contributed by atoms with Crippen molar-refractivity contribution in [2.75, 3.05) is 6.67 Å². The number of rotatable bonds is 4. The molecule has 14 heavy (non-hydrogen) atoms. The van der Waals surface area contributed by atoms with Crippen LogP contribution in [0.4, 0.5) is 0 Å². The van der Waals surface area contributed by atoms with Crippen LogP contribution in [0.5, 0.6) is 0 Å². The van der Waals surface area contributed by atoms with Gasteiger partial charge in [0.15, 0.2) is 0 Å².